The van der Waals surface area contributed by atoms with Gasteiger partial charge in [0.2, 0.25) is 11.8 Å². The number of aromatic nitrogens is 3. The molecule has 5 fully saturated rings. The van der Waals surface area contributed by atoms with E-state index in [0.717, 1.165) is 108 Å². The fourth-order valence-electron chi connectivity index (χ4n) is 9.05. The molecule has 5 aliphatic rings. The Hall–Kier alpha value is -5.51. The molecular formula is C41H54N12O4. The topological polar surface area (TPSA) is 185 Å². The van der Waals surface area contributed by atoms with Crippen molar-refractivity contribution in [2.75, 3.05) is 86.4 Å². The minimum atomic E-state index is -0.641. The van der Waals surface area contributed by atoms with Gasteiger partial charge in [0.15, 0.2) is 11.5 Å². The van der Waals surface area contributed by atoms with Gasteiger partial charge < -0.3 is 40.9 Å². The van der Waals surface area contributed by atoms with Gasteiger partial charge in [0, 0.05) is 65.0 Å². The zero-order valence-corrected chi connectivity index (χ0v) is 32.7. The van der Waals surface area contributed by atoms with E-state index < -0.39 is 11.9 Å². The van der Waals surface area contributed by atoms with Crippen molar-refractivity contribution in [3.63, 3.8) is 0 Å². The van der Waals surface area contributed by atoms with E-state index in [0.29, 0.717) is 42.9 Å². The molecule has 1 unspecified atom stereocenters. The van der Waals surface area contributed by atoms with Crippen LogP contribution in [0.15, 0.2) is 48.8 Å². The number of nitrogens with two attached hydrogens (primary N) is 1. The highest BCUT2D eigenvalue weighted by Gasteiger charge is 2.35. The number of hydrogen-bond donors (Lipinski definition) is 4. The maximum atomic E-state index is 12.7. The van der Waals surface area contributed by atoms with Crippen molar-refractivity contribution in [1.82, 2.24) is 35.0 Å². The molecule has 302 valence electrons. The number of benzene rings is 1. The number of imide groups is 1. The Morgan fingerprint density at radius 1 is 0.825 bits per heavy atom. The van der Waals surface area contributed by atoms with Gasteiger partial charge in [-0.25, -0.2) is 19.7 Å². The van der Waals surface area contributed by atoms with Gasteiger partial charge in [0.1, 0.15) is 17.7 Å². The first-order valence-electron chi connectivity index (χ1n) is 20.5. The molecule has 5 aliphatic heterocycles. The van der Waals surface area contributed by atoms with Gasteiger partial charge in [-0.3, -0.25) is 19.7 Å². The fourth-order valence-corrected chi connectivity index (χ4v) is 9.05. The SMILES string of the molecule is CN1CCN([C@H]2CCCN(c3cnc(C(N)=O)c(Nc4ccc(C5CCN(CC6CCN(c7ccc(NC8CCC(=O)NC8=O)cn7)CC6)CC5)cc4)n3)C2)C1=O. The predicted molar refractivity (Wildman–Crippen MR) is 218 cm³/mol. The zero-order chi connectivity index (χ0) is 39.5. The number of amides is 5. The highest BCUT2D eigenvalue weighted by Crippen LogP contribution is 2.32. The molecule has 57 heavy (non-hydrogen) atoms. The van der Waals surface area contributed by atoms with E-state index in [1.807, 2.05) is 36.2 Å². The van der Waals surface area contributed by atoms with Gasteiger partial charge in [-0.1, -0.05) is 12.1 Å². The number of likely N-dealkylation sites (N-methyl/N-ethyl adjacent to an activating group) is 1. The number of anilines is 5. The molecule has 3 aromatic rings. The van der Waals surface area contributed by atoms with E-state index in [1.165, 1.54) is 5.56 Å². The molecule has 16 heteroatoms. The zero-order valence-electron chi connectivity index (χ0n) is 32.7. The van der Waals surface area contributed by atoms with Crippen molar-refractivity contribution in [3.8, 4) is 0 Å². The van der Waals surface area contributed by atoms with E-state index in [-0.39, 0.29) is 29.6 Å². The average molecular weight is 779 g/mol. The normalized spacial score (nSPS) is 22.9. The lowest BCUT2D eigenvalue weighted by molar-refractivity contribution is -0.133. The lowest BCUT2D eigenvalue weighted by Gasteiger charge is -2.38. The standard InChI is InChI=1S/C41H54N12O4/c1-49-21-22-53(41(49)57)32-3-2-16-52(26-32)35-24-44-37(38(42)55)39(47-35)46-30-6-4-28(5-7-30)29-14-17-50(18-15-29)25-27-12-19-51(20-13-27)34-10-8-31(23-43-34)45-33-9-11-36(54)48-40(33)56/h4-8,10,23-24,27,29,32-33,45H,2-3,9,11-22,25-26H2,1H3,(H2,42,55)(H,46,47)(H,48,54,56)/t32-,33?/m0/s1. The summed E-state index contributed by atoms with van der Waals surface area (Å²) in [6, 6.07) is 12.2. The predicted octanol–water partition coefficient (Wildman–Crippen LogP) is 3.36. The lowest BCUT2D eigenvalue weighted by Crippen LogP contribution is -2.49. The Kier molecular flexibility index (Phi) is 11.4. The summed E-state index contributed by atoms with van der Waals surface area (Å²) < 4.78 is 0. The maximum Gasteiger partial charge on any atom is 0.320 e. The lowest BCUT2D eigenvalue weighted by atomic mass is 9.88. The van der Waals surface area contributed by atoms with Crippen molar-refractivity contribution in [1.29, 1.82) is 0 Å². The third kappa shape index (κ3) is 8.90. The quantitative estimate of drug-likeness (QED) is 0.209. The average Bonchev–Trinajstić information content (AvgIpc) is 3.57. The van der Waals surface area contributed by atoms with Gasteiger partial charge in [0.05, 0.1) is 24.1 Å². The van der Waals surface area contributed by atoms with Crippen molar-refractivity contribution >= 4 is 52.6 Å². The molecule has 0 saturated carbocycles. The Morgan fingerprint density at radius 3 is 2.28 bits per heavy atom. The van der Waals surface area contributed by atoms with Crippen molar-refractivity contribution in [2.45, 2.75) is 69.4 Å². The van der Waals surface area contributed by atoms with E-state index in [1.54, 1.807) is 17.3 Å². The van der Waals surface area contributed by atoms with Crippen LogP contribution >= 0.6 is 0 Å². The molecule has 0 radical (unpaired) electrons. The summed E-state index contributed by atoms with van der Waals surface area (Å²) in [4.78, 5) is 73.3. The fraction of sp³-hybridized carbons (Fsp3) is 0.537. The van der Waals surface area contributed by atoms with Crippen LogP contribution in [0.25, 0.3) is 0 Å². The van der Waals surface area contributed by atoms with Crippen molar-refractivity contribution < 1.29 is 19.2 Å². The third-order valence-corrected chi connectivity index (χ3v) is 12.4. The van der Waals surface area contributed by atoms with Crippen molar-refractivity contribution in [2.24, 2.45) is 11.7 Å². The minimum Gasteiger partial charge on any atom is -0.372 e. The van der Waals surface area contributed by atoms with Crippen molar-refractivity contribution in [3.05, 3.63) is 60.0 Å². The van der Waals surface area contributed by atoms with E-state index in [4.69, 9.17) is 10.7 Å². The Balaban J connectivity index is 0.795. The molecule has 5 saturated heterocycles. The molecule has 0 bridgehead atoms. The summed E-state index contributed by atoms with van der Waals surface area (Å²) in [5.74, 6) is 1.96. The number of urea groups is 1. The molecule has 5 amide bonds. The number of hydrogen-bond acceptors (Lipinski definition) is 12. The first-order chi connectivity index (χ1) is 27.7. The molecular weight excluding hydrogens is 725 g/mol. The highest BCUT2D eigenvalue weighted by molar-refractivity contribution is 6.01. The van der Waals surface area contributed by atoms with Crippen LogP contribution in [0, 0.1) is 5.92 Å². The van der Waals surface area contributed by atoms with Crippen LogP contribution in [0.4, 0.5) is 33.6 Å². The van der Waals surface area contributed by atoms with Gasteiger partial charge in [-0.05, 0) is 99.7 Å². The first kappa shape index (κ1) is 38.4. The summed E-state index contributed by atoms with van der Waals surface area (Å²) in [6.45, 7) is 8.18. The summed E-state index contributed by atoms with van der Waals surface area (Å²) >= 11 is 0. The minimum absolute atomic E-state index is 0.0732. The number of piperidine rings is 4. The second kappa shape index (κ2) is 16.9. The van der Waals surface area contributed by atoms with E-state index in [2.05, 4.69) is 52.8 Å². The summed E-state index contributed by atoms with van der Waals surface area (Å²) in [5.41, 5.74) is 8.72. The van der Waals surface area contributed by atoms with E-state index in [9.17, 15) is 19.2 Å². The molecule has 5 N–H and O–H groups in total. The summed E-state index contributed by atoms with van der Waals surface area (Å²) in [5, 5.41) is 8.90. The number of primary amides is 1. The summed E-state index contributed by atoms with van der Waals surface area (Å²) in [6.07, 6.45) is 10.6. The largest absolute Gasteiger partial charge is 0.372 e. The summed E-state index contributed by atoms with van der Waals surface area (Å²) in [7, 11) is 1.84. The first-order valence-corrected chi connectivity index (χ1v) is 20.5. The molecule has 8 rings (SSSR count). The highest BCUT2D eigenvalue weighted by atomic mass is 16.2. The molecule has 2 atom stereocenters. The number of carbonyl (C=O) groups is 4. The molecule has 1 aromatic carbocycles. The number of pyridine rings is 1. The van der Waals surface area contributed by atoms with E-state index >= 15 is 0 Å². The second-order valence-electron chi connectivity index (χ2n) is 16.2. The molecule has 16 nitrogen and oxygen atoms in total. The van der Waals surface area contributed by atoms with Gasteiger partial charge >= 0.3 is 6.03 Å². The molecule has 0 aliphatic carbocycles. The number of rotatable bonds is 11. The third-order valence-electron chi connectivity index (χ3n) is 12.4. The Morgan fingerprint density at radius 2 is 1.60 bits per heavy atom. The Bertz CT molecular complexity index is 1930. The monoisotopic (exact) mass is 778 g/mol. The van der Waals surface area contributed by atoms with Crippen LogP contribution in [0.5, 0.6) is 0 Å². The maximum absolute atomic E-state index is 12.7. The van der Waals surface area contributed by atoms with Crippen LogP contribution < -0.4 is 31.5 Å². The number of nitrogens with one attached hydrogen (secondary N) is 3. The number of carbonyl (C=O) groups excluding carboxylic acids is 4. The molecule has 0 spiro atoms. The van der Waals surface area contributed by atoms with Crippen LogP contribution in [-0.2, 0) is 9.59 Å². The van der Waals surface area contributed by atoms with Gasteiger partial charge in [-0.2, -0.15) is 0 Å². The van der Waals surface area contributed by atoms with Gasteiger partial charge in [0.25, 0.3) is 5.91 Å². The Labute approximate surface area is 333 Å². The second-order valence-corrected chi connectivity index (χ2v) is 16.2. The number of nitrogens with zero attached hydrogens (tertiary/aromatic N) is 8. The van der Waals surface area contributed by atoms with Gasteiger partial charge in [-0.15, -0.1) is 0 Å². The van der Waals surface area contributed by atoms with Crippen LogP contribution in [0.3, 0.4) is 0 Å². The van der Waals surface area contributed by atoms with Crippen LogP contribution in [0.2, 0.25) is 0 Å². The molecule has 7 heterocycles. The van der Waals surface area contributed by atoms with Crippen LogP contribution in [-0.4, -0.2) is 131 Å². The van der Waals surface area contributed by atoms with Crippen LogP contribution in [0.1, 0.15) is 73.3 Å². The molecule has 2 aromatic heterocycles. The number of likely N-dealkylation sites (tertiary alicyclic amines) is 1. The smallest absolute Gasteiger partial charge is 0.320 e.